The van der Waals surface area contributed by atoms with E-state index in [1.807, 2.05) is 58.0 Å². The van der Waals surface area contributed by atoms with Gasteiger partial charge < -0.3 is 10.6 Å². The zero-order valence-corrected chi connectivity index (χ0v) is 13.2. The maximum absolute atomic E-state index is 12.5. The van der Waals surface area contributed by atoms with Crippen molar-refractivity contribution in [3.8, 4) is 0 Å². The molecule has 1 fully saturated rings. The molecule has 1 aliphatic rings. The molecule has 1 aliphatic carbocycles. The molecule has 2 N–H and O–H groups in total. The molecule has 4 nitrogen and oxygen atoms in total. The van der Waals surface area contributed by atoms with Crippen molar-refractivity contribution in [3.05, 3.63) is 35.9 Å². The van der Waals surface area contributed by atoms with Crippen LogP contribution in [0.5, 0.6) is 0 Å². The average molecular weight is 288 g/mol. The Labute approximate surface area is 126 Å². The van der Waals surface area contributed by atoms with Crippen molar-refractivity contribution in [3.63, 3.8) is 0 Å². The highest BCUT2D eigenvalue weighted by molar-refractivity contribution is 6.08. The predicted molar refractivity (Wildman–Crippen MR) is 82.6 cm³/mol. The van der Waals surface area contributed by atoms with Crippen molar-refractivity contribution in [2.75, 3.05) is 0 Å². The van der Waals surface area contributed by atoms with Crippen LogP contribution in [-0.4, -0.2) is 17.4 Å². The van der Waals surface area contributed by atoms with Crippen molar-refractivity contribution in [1.29, 1.82) is 0 Å². The van der Waals surface area contributed by atoms with Crippen LogP contribution in [0.25, 0.3) is 0 Å². The van der Waals surface area contributed by atoms with E-state index in [9.17, 15) is 9.59 Å². The van der Waals surface area contributed by atoms with Crippen molar-refractivity contribution in [2.45, 2.75) is 52.1 Å². The Morgan fingerprint density at radius 3 is 2.14 bits per heavy atom. The molecular weight excluding hydrogens is 264 g/mol. The molecule has 0 heterocycles. The first-order valence-electron chi connectivity index (χ1n) is 7.43. The molecule has 1 aromatic carbocycles. The second-order valence-corrected chi connectivity index (χ2v) is 6.89. The molecule has 0 radical (unpaired) electrons. The Hall–Kier alpha value is -1.84. The van der Waals surface area contributed by atoms with Gasteiger partial charge in [0.05, 0.1) is 6.04 Å². The molecule has 0 spiro atoms. The number of carbonyl (C=O) groups excluding carboxylic acids is 2. The van der Waals surface area contributed by atoms with E-state index in [1.165, 1.54) is 0 Å². The van der Waals surface area contributed by atoms with Crippen LogP contribution in [0, 0.1) is 5.41 Å². The monoisotopic (exact) mass is 288 g/mol. The summed E-state index contributed by atoms with van der Waals surface area (Å²) in [5.41, 5.74) is -0.146. The van der Waals surface area contributed by atoms with Crippen molar-refractivity contribution in [1.82, 2.24) is 10.6 Å². The number of rotatable bonds is 4. The lowest BCUT2D eigenvalue weighted by Gasteiger charge is -2.25. The largest absolute Gasteiger partial charge is 0.351 e. The standard InChI is InChI=1S/C17H24N2O2/c1-12(13-8-6-5-7-9-13)18-14(20)17(10-11-17)15(21)19-16(2,3)4/h5-9,12H,10-11H2,1-4H3,(H,18,20)(H,19,21). The summed E-state index contributed by atoms with van der Waals surface area (Å²) in [5.74, 6) is -0.326. The number of amides is 2. The van der Waals surface area contributed by atoms with Crippen molar-refractivity contribution >= 4 is 11.8 Å². The molecular formula is C17H24N2O2. The van der Waals surface area contributed by atoms with Gasteiger partial charge in [0, 0.05) is 5.54 Å². The van der Waals surface area contributed by atoms with Gasteiger partial charge in [0.25, 0.3) is 0 Å². The van der Waals surface area contributed by atoms with Gasteiger partial charge in [-0.15, -0.1) is 0 Å². The van der Waals surface area contributed by atoms with Gasteiger partial charge in [0.15, 0.2) is 0 Å². The van der Waals surface area contributed by atoms with E-state index in [0.29, 0.717) is 12.8 Å². The van der Waals surface area contributed by atoms with E-state index in [2.05, 4.69) is 10.6 Å². The minimum atomic E-state index is -0.865. The normalized spacial score (nSPS) is 17.7. The Morgan fingerprint density at radius 1 is 1.10 bits per heavy atom. The lowest BCUT2D eigenvalue weighted by molar-refractivity contribution is -0.138. The maximum atomic E-state index is 12.5. The SMILES string of the molecule is CC(NC(=O)C1(C(=O)NC(C)(C)C)CC1)c1ccccc1. The summed E-state index contributed by atoms with van der Waals surface area (Å²) in [4.78, 5) is 24.8. The molecule has 1 aromatic rings. The van der Waals surface area contributed by atoms with Crippen LogP contribution in [0.2, 0.25) is 0 Å². The second-order valence-electron chi connectivity index (χ2n) is 6.89. The zero-order valence-electron chi connectivity index (χ0n) is 13.2. The molecule has 4 heteroatoms. The lowest BCUT2D eigenvalue weighted by atomic mass is 10.00. The third kappa shape index (κ3) is 3.63. The van der Waals surface area contributed by atoms with Crippen molar-refractivity contribution in [2.24, 2.45) is 5.41 Å². The predicted octanol–water partition coefficient (Wildman–Crippen LogP) is 2.56. The topological polar surface area (TPSA) is 58.2 Å². The van der Waals surface area contributed by atoms with E-state index in [4.69, 9.17) is 0 Å². The summed E-state index contributed by atoms with van der Waals surface area (Å²) in [6.07, 6.45) is 1.25. The van der Waals surface area contributed by atoms with Crippen molar-refractivity contribution < 1.29 is 9.59 Å². The van der Waals surface area contributed by atoms with Crippen LogP contribution >= 0.6 is 0 Å². The van der Waals surface area contributed by atoms with Gasteiger partial charge in [-0.3, -0.25) is 9.59 Å². The first kappa shape index (κ1) is 15.5. The summed E-state index contributed by atoms with van der Waals surface area (Å²) in [5, 5.41) is 5.88. The number of benzene rings is 1. The zero-order chi connectivity index (χ0) is 15.7. The number of nitrogens with one attached hydrogen (secondary N) is 2. The third-order valence-electron chi connectivity index (χ3n) is 3.75. The Morgan fingerprint density at radius 2 is 1.67 bits per heavy atom. The van der Waals surface area contributed by atoms with Gasteiger partial charge in [-0.05, 0) is 46.1 Å². The first-order valence-corrected chi connectivity index (χ1v) is 7.43. The van der Waals surface area contributed by atoms with Gasteiger partial charge in [-0.25, -0.2) is 0 Å². The molecule has 1 saturated carbocycles. The molecule has 0 aromatic heterocycles. The van der Waals surface area contributed by atoms with E-state index < -0.39 is 5.41 Å². The Kier molecular flexibility index (Phi) is 4.08. The molecule has 0 aliphatic heterocycles. The van der Waals surface area contributed by atoms with Crippen LogP contribution < -0.4 is 10.6 Å². The molecule has 1 unspecified atom stereocenters. The van der Waals surface area contributed by atoms with Crippen LogP contribution in [0.1, 0.15) is 52.1 Å². The molecule has 21 heavy (non-hydrogen) atoms. The van der Waals surface area contributed by atoms with E-state index in [0.717, 1.165) is 5.56 Å². The highest BCUT2D eigenvalue weighted by Gasteiger charge is 2.57. The number of hydrogen-bond donors (Lipinski definition) is 2. The summed E-state index contributed by atoms with van der Waals surface area (Å²) in [6, 6.07) is 9.67. The fourth-order valence-electron chi connectivity index (χ4n) is 2.30. The minimum absolute atomic E-state index is 0.0985. The smallest absolute Gasteiger partial charge is 0.236 e. The minimum Gasteiger partial charge on any atom is -0.351 e. The van der Waals surface area contributed by atoms with E-state index >= 15 is 0 Å². The fourth-order valence-corrected chi connectivity index (χ4v) is 2.30. The third-order valence-corrected chi connectivity index (χ3v) is 3.75. The quantitative estimate of drug-likeness (QED) is 0.837. The van der Waals surface area contributed by atoms with Crippen LogP contribution in [0.4, 0.5) is 0 Å². The average Bonchev–Trinajstić information content (AvgIpc) is 3.19. The van der Waals surface area contributed by atoms with Gasteiger partial charge in [0.2, 0.25) is 11.8 Å². The molecule has 2 rings (SSSR count). The number of hydrogen-bond acceptors (Lipinski definition) is 2. The van der Waals surface area contributed by atoms with Gasteiger partial charge in [-0.1, -0.05) is 30.3 Å². The summed E-state index contributed by atoms with van der Waals surface area (Å²) in [7, 11) is 0. The van der Waals surface area contributed by atoms with Crippen LogP contribution in [0.3, 0.4) is 0 Å². The van der Waals surface area contributed by atoms with Gasteiger partial charge in [0.1, 0.15) is 5.41 Å². The fraction of sp³-hybridized carbons (Fsp3) is 0.529. The Balaban J connectivity index is 2.02. The molecule has 0 bridgehead atoms. The molecule has 1 atom stereocenters. The molecule has 2 amide bonds. The second kappa shape index (κ2) is 5.51. The Bertz CT molecular complexity index is 527. The van der Waals surface area contributed by atoms with Crippen LogP contribution in [0.15, 0.2) is 30.3 Å². The van der Waals surface area contributed by atoms with Gasteiger partial charge >= 0.3 is 0 Å². The van der Waals surface area contributed by atoms with Crippen LogP contribution in [-0.2, 0) is 9.59 Å². The highest BCUT2D eigenvalue weighted by Crippen LogP contribution is 2.46. The first-order chi connectivity index (χ1) is 9.74. The molecule has 114 valence electrons. The summed E-state index contributed by atoms with van der Waals surface area (Å²) < 4.78 is 0. The summed E-state index contributed by atoms with van der Waals surface area (Å²) in [6.45, 7) is 7.70. The van der Waals surface area contributed by atoms with E-state index in [-0.39, 0.29) is 23.4 Å². The van der Waals surface area contributed by atoms with Gasteiger partial charge in [-0.2, -0.15) is 0 Å². The highest BCUT2D eigenvalue weighted by atomic mass is 16.2. The van der Waals surface area contributed by atoms with E-state index in [1.54, 1.807) is 0 Å². The maximum Gasteiger partial charge on any atom is 0.236 e. The lowest BCUT2D eigenvalue weighted by Crippen LogP contribution is -2.49. The molecule has 0 saturated heterocycles. The summed E-state index contributed by atoms with van der Waals surface area (Å²) >= 11 is 0. The number of carbonyl (C=O) groups is 2.